The van der Waals surface area contributed by atoms with E-state index in [0.717, 1.165) is 5.56 Å². The average Bonchev–Trinajstić information content (AvgIpc) is 3.20. The fourth-order valence-electron chi connectivity index (χ4n) is 2.95. The monoisotopic (exact) mass is 423 g/mol. The minimum atomic E-state index is -0.515. The number of pyridine rings is 1. The molecule has 1 aromatic carbocycles. The summed E-state index contributed by atoms with van der Waals surface area (Å²) in [5, 5.41) is 15.3. The molecule has 1 N–H and O–H groups in total. The number of thioether (sulfide) groups is 1. The number of amidine groups is 2. The first kappa shape index (κ1) is 19.6. The highest BCUT2D eigenvalue weighted by molar-refractivity contribution is 8.27. The van der Waals surface area contributed by atoms with E-state index in [1.165, 1.54) is 38.1 Å². The van der Waals surface area contributed by atoms with Gasteiger partial charge in [-0.05, 0) is 47.7 Å². The SMILES string of the molecule is COc1cc(/C=C2/C(=N)N3N=C(c4ccncc4)SC3=NC2=O)cc(OC)c1OC. The quantitative estimate of drug-likeness (QED) is 0.737. The highest BCUT2D eigenvalue weighted by atomic mass is 32.2. The van der Waals surface area contributed by atoms with Gasteiger partial charge in [0.15, 0.2) is 17.3 Å². The second kappa shape index (κ2) is 7.99. The van der Waals surface area contributed by atoms with E-state index in [1.807, 2.05) is 12.1 Å². The third kappa shape index (κ3) is 3.41. The molecule has 0 spiro atoms. The number of methoxy groups -OCH3 is 3. The average molecular weight is 423 g/mol. The minimum Gasteiger partial charge on any atom is -0.493 e. The predicted molar refractivity (Wildman–Crippen MR) is 114 cm³/mol. The van der Waals surface area contributed by atoms with Crippen molar-refractivity contribution in [3.05, 3.63) is 53.4 Å². The van der Waals surface area contributed by atoms with E-state index >= 15 is 0 Å². The zero-order valence-electron chi connectivity index (χ0n) is 16.4. The Labute approximate surface area is 176 Å². The number of hydrogen-bond donors (Lipinski definition) is 1. The van der Waals surface area contributed by atoms with Gasteiger partial charge < -0.3 is 14.2 Å². The predicted octanol–water partition coefficient (Wildman–Crippen LogP) is 2.77. The number of amides is 1. The molecule has 30 heavy (non-hydrogen) atoms. The molecule has 0 radical (unpaired) electrons. The smallest absolute Gasteiger partial charge is 0.283 e. The summed E-state index contributed by atoms with van der Waals surface area (Å²) >= 11 is 1.23. The molecule has 0 saturated carbocycles. The third-order valence-corrected chi connectivity index (χ3v) is 5.34. The number of carbonyl (C=O) groups is 1. The Morgan fingerprint density at radius 3 is 2.33 bits per heavy atom. The molecule has 3 heterocycles. The van der Waals surface area contributed by atoms with Gasteiger partial charge in [-0.2, -0.15) is 15.1 Å². The van der Waals surface area contributed by atoms with E-state index in [4.69, 9.17) is 19.6 Å². The van der Waals surface area contributed by atoms with Crippen LogP contribution in [0.1, 0.15) is 11.1 Å². The summed E-state index contributed by atoms with van der Waals surface area (Å²) in [5.41, 5.74) is 1.54. The first-order valence-electron chi connectivity index (χ1n) is 8.76. The summed E-state index contributed by atoms with van der Waals surface area (Å²) < 4.78 is 16.0. The lowest BCUT2D eigenvalue weighted by Gasteiger charge is -2.20. The molecule has 4 rings (SSSR count). The highest BCUT2D eigenvalue weighted by Gasteiger charge is 2.36. The van der Waals surface area contributed by atoms with Crippen LogP contribution in [0.15, 0.2) is 52.3 Å². The van der Waals surface area contributed by atoms with Gasteiger partial charge in [0.2, 0.25) is 10.9 Å². The first-order chi connectivity index (χ1) is 14.5. The maximum Gasteiger partial charge on any atom is 0.283 e. The Bertz CT molecular complexity index is 1100. The van der Waals surface area contributed by atoms with E-state index in [2.05, 4.69) is 15.1 Å². The second-order valence-corrected chi connectivity index (χ2v) is 7.08. The number of aromatic nitrogens is 1. The Kier molecular flexibility index (Phi) is 5.23. The fourth-order valence-corrected chi connectivity index (χ4v) is 3.85. The zero-order valence-corrected chi connectivity index (χ0v) is 17.2. The molecule has 2 aliphatic rings. The highest BCUT2D eigenvalue weighted by Crippen LogP contribution is 2.39. The van der Waals surface area contributed by atoms with Crippen molar-refractivity contribution in [3.8, 4) is 17.2 Å². The molecule has 152 valence electrons. The van der Waals surface area contributed by atoms with Crippen LogP contribution in [0.2, 0.25) is 0 Å². The number of ether oxygens (including phenoxy) is 3. The minimum absolute atomic E-state index is 0.0599. The molecule has 1 aromatic heterocycles. The molecule has 2 aromatic rings. The summed E-state index contributed by atoms with van der Waals surface area (Å²) in [5.74, 6) is 0.749. The van der Waals surface area contributed by atoms with Gasteiger partial charge in [-0.25, -0.2) is 0 Å². The maximum absolute atomic E-state index is 12.6. The van der Waals surface area contributed by atoms with Gasteiger partial charge in [0.05, 0.1) is 26.9 Å². The van der Waals surface area contributed by atoms with Gasteiger partial charge in [-0.1, -0.05) is 0 Å². The van der Waals surface area contributed by atoms with Gasteiger partial charge in [0, 0.05) is 18.0 Å². The molecule has 0 bridgehead atoms. The van der Waals surface area contributed by atoms with E-state index < -0.39 is 5.91 Å². The van der Waals surface area contributed by atoms with Crippen molar-refractivity contribution < 1.29 is 19.0 Å². The molecule has 9 nitrogen and oxygen atoms in total. The largest absolute Gasteiger partial charge is 0.493 e. The van der Waals surface area contributed by atoms with Crippen LogP contribution in [0.4, 0.5) is 0 Å². The summed E-state index contributed by atoms with van der Waals surface area (Å²) in [7, 11) is 4.53. The molecular formula is C20H17N5O4S. The van der Waals surface area contributed by atoms with Crippen molar-refractivity contribution in [1.29, 1.82) is 5.41 Å². The first-order valence-corrected chi connectivity index (χ1v) is 9.58. The molecule has 0 unspecified atom stereocenters. The number of hydrogen-bond acceptors (Lipinski definition) is 8. The summed E-state index contributed by atoms with van der Waals surface area (Å²) in [4.78, 5) is 20.7. The van der Waals surface area contributed by atoms with Crippen LogP contribution in [0.25, 0.3) is 6.08 Å². The summed E-state index contributed by atoms with van der Waals surface area (Å²) in [6.07, 6.45) is 4.87. The molecular weight excluding hydrogens is 406 g/mol. The van der Waals surface area contributed by atoms with E-state index in [9.17, 15) is 4.79 Å². The Morgan fingerprint density at radius 2 is 1.73 bits per heavy atom. The summed E-state index contributed by atoms with van der Waals surface area (Å²) in [6.45, 7) is 0. The number of benzene rings is 1. The van der Waals surface area contributed by atoms with Crippen molar-refractivity contribution in [2.45, 2.75) is 0 Å². The number of hydrazone groups is 1. The maximum atomic E-state index is 12.6. The van der Waals surface area contributed by atoms with Crippen LogP contribution in [-0.4, -0.2) is 53.3 Å². The molecule has 0 atom stereocenters. The Hall–Kier alpha value is -3.66. The van der Waals surface area contributed by atoms with Crippen molar-refractivity contribution in [2.75, 3.05) is 21.3 Å². The number of carbonyl (C=O) groups excluding carboxylic acids is 1. The van der Waals surface area contributed by atoms with Gasteiger partial charge in [0.1, 0.15) is 5.04 Å². The van der Waals surface area contributed by atoms with Crippen molar-refractivity contribution in [2.24, 2.45) is 10.1 Å². The van der Waals surface area contributed by atoms with E-state index in [-0.39, 0.29) is 11.4 Å². The summed E-state index contributed by atoms with van der Waals surface area (Å²) in [6, 6.07) is 7.00. The van der Waals surface area contributed by atoms with Crippen LogP contribution in [0.3, 0.4) is 0 Å². The standard InChI is InChI=1S/C20H17N5O4S/c1-27-14-9-11(10-15(28-2)16(14)29-3)8-13-17(21)25-20(23-18(13)26)30-19(24-25)12-4-6-22-7-5-12/h4-10,21H,1-3H3/b13-8-,21-17?. The normalized spacial score (nSPS) is 16.9. The van der Waals surface area contributed by atoms with Crippen LogP contribution in [0, 0.1) is 5.41 Å². The number of nitrogens with one attached hydrogen (secondary N) is 1. The van der Waals surface area contributed by atoms with Crippen molar-refractivity contribution in [3.63, 3.8) is 0 Å². The lowest BCUT2D eigenvalue weighted by molar-refractivity contribution is -0.114. The topological polar surface area (TPSA) is 109 Å². The van der Waals surface area contributed by atoms with Gasteiger partial charge >= 0.3 is 0 Å². The van der Waals surface area contributed by atoms with Crippen molar-refractivity contribution in [1.82, 2.24) is 9.99 Å². The molecule has 0 saturated heterocycles. The molecule has 0 aliphatic carbocycles. The molecule has 10 heteroatoms. The Balaban J connectivity index is 1.72. The number of aliphatic imine (C=N–C) groups is 1. The number of nitrogens with zero attached hydrogens (tertiary/aromatic N) is 4. The van der Waals surface area contributed by atoms with E-state index in [1.54, 1.807) is 30.6 Å². The molecule has 2 aliphatic heterocycles. The zero-order chi connectivity index (χ0) is 21.3. The van der Waals surface area contributed by atoms with E-state index in [0.29, 0.717) is 33.0 Å². The lowest BCUT2D eigenvalue weighted by Crippen LogP contribution is -2.35. The number of fused-ring (bicyclic) bond motifs is 1. The van der Waals surface area contributed by atoms with Crippen LogP contribution >= 0.6 is 11.8 Å². The second-order valence-electron chi connectivity index (χ2n) is 6.12. The Morgan fingerprint density at radius 1 is 1.07 bits per heavy atom. The number of rotatable bonds is 5. The van der Waals surface area contributed by atoms with Gasteiger partial charge in [0.25, 0.3) is 5.91 Å². The molecule has 0 fully saturated rings. The fraction of sp³-hybridized carbons (Fsp3) is 0.150. The van der Waals surface area contributed by atoms with Crippen LogP contribution in [-0.2, 0) is 4.79 Å². The van der Waals surface area contributed by atoms with Crippen molar-refractivity contribution >= 4 is 39.8 Å². The third-order valence-electron chi connectivity index (χ3n) is 4.38. The van der Waals surface area contributed by atoms with Gasteiger partial charge in [-0.15, -0.1) is 0 Å². The lowest BCUT2D eigenvalue weighted by atomic mass is 10.1. The van der Waals surface area contributed by atoms with Crippen LogP contribution < -0.4 is 14.2 Å². The van der Waals surface area contributed by atoms with Gasteiger partial charge in [-0.3, -0.25) is 15.2 Å². The molecule has 1 amide bonds. The van der Waals surface area contributed by atoms with Crippen LogP contribution in [0.5, 0.6) is 17.2 Å².